The fraction of sp³-hybridized carbons (Fsp3) is 0.389. The van der Waals surface area contributed by atoms with E-state index in [0.717, 1.165) is 12.1 Å². The molecule has 1 fully saturated rings. The molecule has 0 saturated carbocycles. The Morgan fingerprint density at radius 3 is 2.55 bits per heavy atom. The number of sulfone groups is 1. The number of fused-ring (bicyclic) bond motifs is 1. The predicted molar refractivity (Wildman–Crippen MR) is 104 cm³/mol. The molecule has 0 bridgehead atoms. The average molecular weight is 457 g/mol. The van der Waals surface area contributed by atoms with Crippen LogP contribution in [0.15, 0.2) is 40.3 Å². The third-order valence-electron chi connectivity index (χ3n) is 4.95. The SMILES string of the molecule is CCS(=O)(=O)c1cc(N2CCOCC2)cnc1-n1nc2ccc(C(F)(F)F)cn2c1=O. The molecular weight excluding hydrogens is 439 g/mol. The van der Waals surface area contributed by atoms with Crippen molar-refractivity contribution in [3.05, 3.63) is 46.6 Å². The predicted octanol–water partition coefficient (Wildman–Crippen LogP) is 1.53. The Morgan fingerprint density at radius 1 is 1.19 bits per heavy atom. The lowest BCUT2D eigenvalue weighted by atomic mass is 10.3. The van der Waals surface area contributed by atoms with Gasteiger partial charge in [-0.1, -0.05) is 6.92 Å². The molecule has 13 heteroatoms. The van der Waals surface area contributed by atoms with Gasteiger partial charge in [0, 0.05) is 19.3 Å². The molecule has 1 aliphatic heterocycles. The van der Waals surface area contributed by atoms with Crippen LogP contribution < -0.4 is 10.6 Å². The zero-order valence-electron chi connectivity index (χ0n) is 16.3. The number of hydrogen-bond donors (Lipinski definition) is 0. The molecule has 9 nitrogen and oxygen atoms in total. The number of anilines is 1. The number of nitrogens with zero attached hydrogens (tertiary/aromatic N) is 5. The van der Waals surface area contributed by atoms with E-state index < -0.39 is 27.3 Å². The normalized spacial score (nSPS) is 15.5. The van der Waals surface area contributed by atoms with Gasteiger partial charge in [0.15, 0.2) is 21.3 Å². The standard InChI is InChI=1S/C18H18F3N5O4S/c1-2-31(28,29)14-9-13(24-5-7-30-8-6-24)10-22-16(14)26-17(27)25-11-12(18(19,20)21)3-4-15(25)23-26/h3-4,9-11H,2,5-8H2,1H3. The molecule has 3 aromatic heterocycles. The fourth-order valence-electron chi connectivity index (χ4n) is 3.25. The first-order valence-electron chi connectivity index (χ1n) is 9.36. The molecule has 4 heterocycles. The molecule has 166 valence electrons. The summed E-state index contributed by atoms with van der Waals surface area (Å²) < 4.78 is 71.3. The second kappa shape index (κ2) is 7.64. The third-order valence-corrected chi connectivity index (χ3v) is 6.69. The third kappa shape index (κ3) is 3.90. The first-order valence-corrected chi connectivity index (χ1v) is 11.0. The fourth-order valence-corrected chi connectivity index (χ4v) is 4.27. The summed E-state index contributed by atoms with van der Waals surface area (Å²) in [6.07, 6.45) is -2.62. The van der Waals surface area contributed by atoms with Crippen molar-refractivity contribution in [3.8, 4) is 5.82 Å². The largest absolute Gasteiger partial charge is 0.417 e. The van der Waals surface area contributed by atoms with E-state index in [-0.39, 0.29) is 22.1 Å². The summed E-state index contributed by atoms with van der Waals surface area (Å²) in [5.41, 5.74) is -1.52. The lowest BCUT2D eigenvalue weighted by molar-refractivity contribution is -0.137. The zero-order valence-corrected chi connectivity index (χ0v) is 17.1. The molecule has 4 rings (SSSR count). The van der Waals surface area contributed by atoms with Crippen LogP contribution in [0.1, 0.15) is 12.5 Å². The van der Waals surface area contributed by atoms with Crippen molar-refractivity contribution in [1.82, 2.24) is 19.2 Å². The van der Waals surface area contributed by atoms with Crippen LogP contribution in [0.2, 0.25) is 0 Å². The van der Waals surface area contributed by atoms with Crippen LogP contribution in [0.4, 0.5) is 18.9 Å². The highest BCUT2D eigenvalue weighted by Crippen LogP contribution is 2.29. The van der Waals surface area contributed by atoms with Crippen molar-refractivity contribution in [2.75, 3.05) is 37.0 Å². The smallest absolute Gasteiger partial charge is 0.378 e. The highest BCUT2D eigenvalue weighted by atomic mass is 32.2. The van der Waals surface area contributed by atoms with Crippen LogP contribution in [0.5, 0.6) is 0 Å². The summed E-state index contributed by atoms with van der Waals surface area (Å²) in [5, 5.41) is 4.00. The number of alkyl halides is 3. The van der Waals surface area contributed by atoms with E-state index in [9.17, 15) is 26.4 Å². The monoisotopic (exact) mass is 457 g/mol. The van der Waals surface area contributed by atoms with E-state index >= 15 is 0 Å². The van der Waals surface area contributed by atoms with Gasteiger partial charge in [-0.25, -0.2) is 22.6 Å². The van der Waals surface area contributed by atoms with Gasteiger partial charge in [-0.05, 0) is 18.2 Å². The summed E-state index contributed by atoms with van der Waals surface area (Å²) in [6.45, 7) is 3.49. The number of aromatic nitrogens is 4. The van der Waals surface area contributed by atoms with Crippen molar-refractivity contribution in [2.45, 2.75) is 18.0 Å². The van der Waals surface area contributed by atoms with Crippen molar-refractivity contribution in [1.29, 1.82) is 0 Å². The van der Waals surface area contributed by atoms with E-state index in [1.54, 1.807) is 0 Å². The molecule has 0 amide bonds. The molecule has 0 spiro atoms. The van der Waals surface area contributed by atoms with Gasteiger partial charge in [-0.2, -0.15) is 17.9 Å². The van der Waals surface area contributed by atoms with E-state index in [4.69, 9.17) is 4.74 Å². The van der Waals surface area contributed by atoms with E-state index in [1.807, 2.05) is 4.90 Å². The number of hydrogen-bond acceptors (Lipinski definition) is 7. The van der Waals surface area contributed by atoms with E-state index in [2.05, 4.69) is 10.1 Å². The minimum Gasteiger partial charge on any atom is -0.378 e. The Labute approximate surface area is 174 Å². The van der Waals surface area contributed by atoms with Crippen LogP contribution in [0.3, 0.4) is 0 Å². The Kier molecular flexibility index (Phi) is 5.25. The maximum atomic E-state index is 13.0. The molecule has 1 aliphatic rings. The van der Waals surface area contributed by atoms with Gasteiger partial charge in [0.2, 0.25) is 0 Å². The van der Waals surface area contributed by atoms with Gasteiger partial charge in [0.25, 0.3) is 0 Å². The van der Waals surface area contributed by atoms with Crippen LogP contribution in [-0.4, -0.2) is 59.6 Å². The molecule has 0 aromatic carbocycles. The number of ether oxygens (including phenoxy) is 1. The molecule has 0 atom stereocenters. The first-order chi connectivity index (χ1) is 14.6. The van der Waals surface area contributed by atoms with Crippen molar-refractivity contribution < 1.29 is 26.3 Å². The van der Waals surface area contributed by atoms with Gasteiger partial charge in [0.05, 0.1) is 36.4 Å². The molecule has 3 aromatic rings. The number of halogens is 3. The summed E-state index contributed by atoms with van der Waals surface area (Å²) in [6, 6.07) is 3.24. The Bertz CT molecular complexity index is 1290. The molecule has 0 aliphatic carbocycles. The molecular formula is C18H18F3N5O4S. The Balaban J connectivity index is 1.90. The molecule has 0 N–H and O–H groups in total. The lowest BCUT2D eigenvalue weighted by Crippen LogP contribution is -2.36. The quantitative estimate of drug-likeness (QED) is 0.586. The second-order valence-corrected chi connectivity index (χ2v) is 9.10. The average Bonchev–Trinajstić information content (AvgIpc) is 3.09. The molecule has 0 unspecified atom stereocenters. The number of morpholine rings is 1. The number of pyridine rings is 2. The summed E-state index contributed by atoms with van der Waals surface area (Å²) in [4.78, 5) is 18.6. The van der Waals surface area contributed by atoms with Crippen LogP contribution in [0.25, 0.3) is 11.5 Å². The summed E-state index contributed by atoms with van der Waals surface area (Å²) in [5.74, 6) is -0.518. The topological polar surface area (TPSA) is 98.8 Å². The maximum Gasteiger partial charge on any atom is 0.417 e. The van der Waals surface area contributed by atoms with Gasteiger partial charge in [0.1, 0.15) is 4.90 Å². The zero-order chi connectivity index (χ0) is 22.4. The Morgan fingerprint density at radius 2 is 1.90 bits per heavy atom. The highest BCUT2D eigenvalue weighted by molar-refractivity contribution is 7.91. The van der Waals surface area contributed by atoms with Crippen molar-refractivity contribution in [2.24, 2.45) is 0 Å². The molecule has 31 heavy (non-hydrogen) atoms. The highest BCUT2D eigenvalue weighted by Gasteiger charge is 2.32. The minimum absolute atomic E-state index is 0.0723. The van der Waals surface area contributed by atoms with Crippen molar-refractivity contribution in [3.63, 3.8) is 0 Å². The van der Waals surface area contributed by atoms with Crippen LogP contribution in [0, 0.1) is 0 Å². The van der Waals surface area contributed by atoms with Crippen LogP contribution in [-0.2, 0) is 20.8 Å². The lowest BCUT2D eigenvalue weighted by Gasteiger charge is -2.29. The molecule has 0 radical (unpaired) electrons. The van der Waals surface area contributed by atoms with Gasteiger partial charge < -0.3 is 9.64 Å². The maximum absolute atomic E-state index is 13.0. The Hall–Kier alpha value is -2.93. The molecule has 1 saturated heterocycles. The minimum atomic E-state index is -4.65. The van der Waals surface area contributed by atoms with Crippen molar-refractivity contribution >= 4 is 21.2 Å². The van der Waals surface area contributed by atoms with E-state index in [0.29, 0.717) is 47.3 Å². The van der Waals surface area contributed by atoms with Gasteiger partial charge in [-0.3, -0.25) is 0 Å². The number of rotatable bonds is 4. The summed E-state index contributed by atoms with van der Waals surface area (Å²) in [7, 11) is -3.83. The first kappa shape index (κ1) is 21.3. The van der Waals surface area contributed by atoms with Gasteiger partial charge in [-0.15, -0.1) is 5.10 Å². The van der Waals surface area contributed by atoms with Crippen LogP contribution >= 0.6 is 0 Å². The summed E-state index contributed by atoms with van der Waals surface area (Å²) >= 11 is 0. The van der Waals surface area contributed by atoms with E-state index in [1.165, 1.54) is 19.2 Å². The second-order valence-electron chi connectivity index (χ2n) is 6.86. The van der Waals surface area contributed by atoms with Gasteiger partial charge >= 0.3 is 11.9 Å².